The third kappa shape index (κ3) is 4.09. The van der Waals surface area contributed by atoms with Gasteiger partial charge in [-0.1, -0.05) is 191 Å². The number of hydrogen-bond donors (Lipinski definition) is 0. The smallest absolute Gasteiger partial charge is 0.0165 e. The van der Waals surface area contributed by atoms with Crippen LogP contribution in [-0.2, 0) is 10.8 Å². The molecule has 0 amide bonds. The van der Waals surface area contributed by atoms with Gasteiger partial charge in [-0.05, 0) is 116 Å². The summed E-state index contributed by atoms with van der Waals surface area (Å²) in [5.41, 5.74) is 18.7. The van der Waals surface area contributed by atoms with Crippen LogP contribution < -0.4 is 0 Å². The van der Waals surface area contributed by atoms with Crippen molar-refractivity contribution in [3.8, 4) is 55.6 Å². The summed E-state index contributed by atoms with van der Waals surface area (Å²) in [5.74, 6) is 0. The van der Waals surface area contributed by atoms with E-state index in [1.807, 2.05) is 0 Å². The highest BCUT2D eigenvalue weighted by Crippen LogP contribution is 2.62. The van der Waals surface area contributed by atoms with E-state index in [2.05, 4.69) is 198 Å². The molecule has 0 spiro atoms. The lowest BCUT2D eigenvalue weighted by Gasteiger charge is -2.28. The van der Waals surface area contributed by atoms with Crippen molar-refractivity contribution < 1.29 is 0 Å². The van der Waals surface area contributed by atoms with E-state index in [0.29, 0.717) is 0 Å². The van der Waals surface area contributed by atoms with Crippen LogP contribution in [0.15, 0.2) is 170 Å². The molecule has 0 saturated heterocycles. The highest BCUT2D eigenvalue weighted by Gasteiger charge is 2.46. The maximum Gasteiger partial charge on any atom is 0.0165 e. The summed E-state index contributed by atoms with van der Waals surface area (Å²) in [6.45, 7) is 9.73. The molecule has 0 heterocycles. The highest BCUT2D eigenvalue weighted by molar-refractivity contribution is 6.25. The Bertz CT molecular complexity index is 2970. The third-order valence-electron chi connectivity index (χ3n) is 12.8. The fourth-order valence-corrected chi connectivity index (χ4v) is 10.4. The van der Waals surface area contributed by atoms with Crippen LogP contribution in [0.5, 0.6) is 0 Å². The summed E-state index contributed by atoms with van der Waals surface area (Å²) < 4.78 is 0. The van der Waals surface area contributed by atoms with Gasteiger partial charge in [0.2, 0.25) is 0 Å². The van der Waals surface area contributed by atoms with E-state index >= 15 is 0 Å². The van der Waals surface area contributed by atoms with Crippen molar-refractivity contribution in [1.82, 2.24) is 0 Å². The zero-order valence-electron chi connectivity index (χ0n) is 31.2. The lowest BCUT2D eigenvalue weighted by molar-refractivity contribution is 0.648. The van der Waals surface area contributed by atoms with Crippen molar-refractivity contribution in [3.05, 3.63) is 192 Å². The fourth-order valence-electron chi connectivity index (χ4n) is 10.4. The van der Waals surface area contributed by atoms with E-state index in [-0.39, 0.29) is 10.8 Å². The SMILES string of the molecule is CC1(C)c2ccccc2-c2c1cc(-c1c3ccccc3c(-c3ccc(-c4ccccc4)c4ccccc34)c3ccccc13)c1c2C(C)(C)c2ccccc2-1. The molecule has 2 aliphatic rings. The van der Waals surface area contributed by atoms with Crippen molar-refractivity contribution in [1.29, 1.82) is 0 Å². The van der Waals surface area contributed by atoms with Gasteiger partial charge in [-0.3, -0.25) is 0 Å². The molecule has 11 rings (SSSR count). The number of hydrogen-bond acceptors (Lipinski definition) is 0. The maximum atomic E-state index is 2.59. The van der Waals surface area contributed by atoms with Crippen LogP contribution in [0.1, 0.15) is 49.9 Å². The van der Waals surface area contributed by atoms with Crippen molar-refractivity contribution in [3.63, 3.8) is 0 Å². The highest BCUT2D eigenvalue weighted by atomic mass is 14.5. The van der Waals surface area contributed by atoms with E-state index in [9.17, 15) is 0 Å². The summed E-state index contributed by atoms with van der Waals surface area (Å²) in [4.78, 5) is 0. The second-order valence-electron chi connectivity index (χ2n) is 16.4. The molecule has 0 nitrogen and oxygen atoms in total. The molecule has 0 N–H and O–H groups in total. The minimum absolute atomic E-state index is 0.133. The molecule has 0 radical (unpaired) electrons. The molecule has 0 heteroatoms. The zero-order valence-corrected chi connectivity index (χ0v) is 31.2. The van der Waals surface area contributed by atoms with Gasteiger partial charge in [-0.15, -0.1) is 0 Å². The van der Waals surface area contributed by atoms with Crippen LogP contribution in [0.25, 0.3) is 88.0 Å². The van der Waals surface area contributed by atoms with Gasteiger partial charge in [0.1, 0.15) is 0 Å². The first-order chi connectivity index (χ1) is 26.4. The minimum atomic E-state index is -0.162. The molecule has 0 atom stereocenters. The van der Waals surface area contributed by atoms with E-state index in [1.165, 1.54) is 110 Å². The topological polar surface area (TPSA) is 0 Å². The molecule has 0 saturated carbocycles. The molecule has 9 aromatic carbocycles. The summed E-state index contributed by atoms with van der Waals surface area (Å²) in [6, 6.07) is 63.7. The summed E-state index contributed by atoms with van der Waals surface area (Å²) in [7, 11) is 0. The van der Waals surface area contributed by atoms with E-state index in [1.54, 1.807) is 0 Å². The Labute approximate surface area is 317 Å². The predicted octanol–water partition coefficient (Wildman–Crippen LogP) is 14.8. The van der Waals surface area contributed by atoms with Crippen molar-refractivity contribution in [2.24, 2.45) is 0 Å². The molecule has 0 bridgehead atoms. The van der Waals surface area contributed by atoms with Gasteiger partial charge in [0.15, 0.2) is 0 Å². The molecular weight excluding hydrogens is 649 g/mol. The van der Waals surface area contributed by atoms with Gasteiger partial charge in [0.25, 0.3) is 0 Å². The van der Waals surface area contributed by atoms with Crippen molar-refractivity contribution in [2.45, 2.75) is 38.5 Å². The average Bonchev–Trinajstić information content (AvgIpc) is 3.59. The number of benzene rings is 9. The Morgan fingerprint density at radius 1 is 0.278 bits per heavy atom. The normalized spacial score (nSPS) is 14.6. The van der Waals surface area contributed by atoms with Crippen LogP contribution in [0.3, 0.4) is 0 Å². The fraction of sp³-hybridized carbons (Fsp3) is 0.111. The molecule has 0 fully saturated rings. The van der Waals surface area contributed by atoms with E-state index in [4.69, 9.17) is 0 Å². The summed E-state index contributed by atoms with van der Waals surface area (Å²) in [6.07, 6.45) is 0. The van der Waals surface area contributed by atoms with Gasteiger partial charge < -0.3 is 0 Å². The maximum absolute atomic E-state index is 2.59. The third-order valence-corrected chi connectivity index (χ3v) is 12.8. The Kier molecular flexibility index (Phi) is 6.46. The molecule has 0 unspecified atom stereocenters. The van der Waals surface area contributed by atoms with Gasteiger partial charge in [0, 0.05) is 10.8 Å². The van der Waals surface area contributed by atoms with E-state index in [0.717, 1.165) is 0 Å². The lowest BCUT2D eigenvalue weighted by Crippen LogP contribution is -2.18. The standard InChI is InChI=1S/C54H40/c1-53(2)45-28-16-15-27-43(45)51-47(53)32-44(50-42-26-14-17-29-46(42)54(3,4)52(50)51)49-39-24-12-10-22-37(39)48(38-23-11-13-25-40(38)49)41-31-30-34(33-18-6-5-7-19-33)35-20-8-9-21-36(35)41/h5-32H,1-4H3. The van der Waals surface area contributed by atoms with E-state index < -0.39 is 0 Å². The molecule has 54 heavy (non-hydrogen) atoms. The van der Waals surface area contributed by atoms with Crippen LogP contribution in [0.4, 0.5) is 0 Å². The van der Waals surface area contributed by atoms with Crippen molar-refractivity contribution in [2.75, 3.05) is 0 Å². The first kappa shape index (κ1) is 31.3. The predicted molar refractivity (Wildman–Crippen MR) is 230 cm³/mol. The Balaban J connectivity index is 1.29. The van der Waals surface area contributed by atoms with Crippen LogP contribution in [0, 0.1) is 0 Å². The minimum Gasteiger partial charge on any atom is -0.0622 e. The Morgan fingerprint density at radius 3 is 1.30 bits per heavy atom. The molecular formula is C54H40. The van der Waals surface area contributed by atoms with Crippen LogP contribution in [-0.4, -0.2) is 0 Å². The Morgan fingerprint density at radius 2 is 0.704 bits per heavy atom. The van der Waals surface area contributed by atoms with Gasteiger partial charge in [0.05, 0.1) is 0 Å². The molecule has 0 aliphatic heterocycles. The second kappa shape index (κ2) is 11.1. The largest absolute Gasteiger partial charge is 0.0622 e. The summed E-state index contributed by atoms with van der Waals surface area (Å²) >= 11 is 0. The van der Waals surface area contributed by atoms with Gasteiger partial charge in [-0.2, -0.15) is 0 Å². The second-order valence-corrected chi connectivity index (χ2v) is 16.4. The first-order valence-electron chi connectivity index (χ1n) is 19.3. The molecule has 256 valence electrons. The quantitative estimate of drug-likeness (QED) is 0.162. The summed E-state index contributed by atoms with van der Waals surface area (Å²) in [5, 5.41) is 7.70. The molecule has 0 aromatic heterocycles. The Hall–Kier alpha value is -6.24. The van der Waals surface area contributed by atoms with Gasteiger partial charge >= 0.3 is 0 Å². The number of fused-ring (bicyclic) bond motifs is 10. The van der Waals surface area contributed by atoms with Crippen molar-refractivity contribution >= 4 is 32.3 Å². The monoisotopic (exact) mass is 688 g/mol. The first-order valence-corrected chi connectivity index (χ1v) is 19.3. The van der Waals surface area contributed by atoms with Crippen LogP contribution in [0.2, 0.25) is 0 Å². The van der Waals surface area contributed by atoms with Gasteiger partial charge in [-0.25, -0.2) is 0 Å². The number of rotatable bonds is 3. The zero-order chi connectivity index (χ0) is 36.3. The van der Waals surface area contributed by atoms with Crippen LogP contribution >= 0.6 is 0 Å². The average molecular weight is 689 g/mol. The molecule has 9 aromatic rings. The lowest BCUT2D eigenvalue weighted by atomic mass is 9.74. The molecule has 2 aliphatic carbocycles.